The molecular weight excluding hydrogens is 844 g/mol. The molecule has 0 fully saturated rings. The summed E-state index contributed by atoms with van der Waals surface area (Å²) in [5.74, 6) is 0. The van der Waals surface area contributed by atoms with Crippen LogP contribution in [0.1, 0.15) is 83.3 Å². The maximum Gasteiger partial charge on any atom is 2.00 e. The molecule has 6 rings (SSSR count). The van der Waals surface area contributed by atoms with Crippen molar-refractivity contribution < 1.29 is 34.1 Å². The maximum absolute atomic E-state index is 4.76. The van der Waals surface area contributed by atoms with Gasteiger partial charge >= 0.3 is 34.1 Å². The zero-order valence-electron chi connectivity index (χ0n) is 37.8. The summed E-state index contributed by atoms with van der Waals surface area (Å²) < 4.78 is 0. The summed E-state index contributed by atoms with van der Waals surface area (Å²) >= 11 is 0. The van der Waals surface area contributed by atoms with Crippen LogP contribution in [0.5, 0.6) is 0 Å². The monoisotopic (exact) mass is 903 g/mol. The quantitative estimate of drug-likeness (QED) is 0.0747. The molecule has 0 unspecified atom stereocenters. The normalized spacial score (nSPS) is 11.4. The smallest absolute Gasteiger partial charge is 0.661 e. The third-order valence-corrected chi connectivity index (χ3v) is 9.68. The molecule has 0 atom stereocenters. The fraction of sp³-hybridized carbons (Fsp3) is 0.218. The Hall–Kier alpha value is -5.35. The van der Waals surface area contributed by atoms with Crippen molar-refractivity contribution in [1.29, 1.82) is 0 Å². The van der Waals surface area contributed by atoms with E-state index in [4.69, 9.17) is 20.6 Å². The van der Waals surface area contributed by atoms with Crippen LogP contribution >= 0.6 is 0 Å². The standard InChI is InChI=1S/2C21H25N2.C13H11.2Cu/c2*1-14-9-7-10-15(2)20(14)22-18(5)13-19(6)23-21-16(3)11-8-12-17(21)4;1-3-7-12(8-4-1)11-13-9-5-2-6-10-13;;/h2*7-13H,1-6H3;1-11H;;/q3*-1;+1;+2/b2*18-13-,23-19?;;;. The minimum absolute atomic E-state index is 0. The first-order valence-electron chi connectivity index (χ1n) is 20.3. The Morgan fingerprint density at radius 3 is 0.934 bits per heavy atom. The third kappa shape index (κ3) is 16.9. The summed E-state index contributed by atoms with van der Waals surface area (Å²) in [6.07, 6.45) is 6.25. The van der Waals surface area contributed by atoms with Gasteiger partial charge in [0, 0.05) is 11.4 Å². The van der Waals surface area contributed by atoms with Gasteiger partial charge in [-0.1, -0.05) is 157 Å². The van der Waals surface area contributed by atoms with Crippen LogP contribution in [0.4, 0.5) is 22.7 Å². The summed E-state index contributed by atoms with van der Waals surface area (Å²) in [7, 11) is 0. The van der Waals surface area contributed by atoms with Crippen LogP contribution in [0.2, 0.25) is 0 Å². The molecule has 0 aliphatic rings. The number of aliphatic imine (C=N–C) groups is 2. The second-order valence-corrected chi connectivity index (χ2v) is 15.2. The molecule has 0 saturated heterocycles. The third-order valence-electron chi connectivity index (χ3n) is 9.68. The molecule has 0 bridgehead atoms. The average Bonchev–Trinajstić information content (AvgIpc) is 3.19. The van der Waals surface area contributed by atoms with Crippen molar-refractivity contribution in [3.63, 3.8) is 0 Å². The van der Waals surface area contributed by atoms with Crippen molar-refractivity contribution in [1.82, 2.24) is 0 Å². The van der Waals surface area contributed by atoms with Gasteiger partial charge in [-0.25, -0.2) is 0 Å². The van der Waals surface area contributed by atoms with Crippen LogP contribution in [-0.2, 0) is 34.1 Å². The first-order chi connectivity index (χ1) is 28.2. The van der Waals surface area contributed by atoms with E-state index >= 15 is 0 Å². The molecule has 0 aliphatic heterocycles. The van der Waals surface area contributed by atoms with Gasteiger partial charge in [0.15, 0.2) is 0 Å². The molecule has 61 heavy (non-hydrogen) atoms. The van der Waals surface area contributed by atoms with Gasteiger partial charge in [0.2, 0.25) is 0 Å². The Morgan fingerprint density at radius 1 is 0.393 bits per heavy atom. The average molecular weight is 905 g/mol. The van der Waals surface area contributed by atoms with Crippen LogP contribution in [0.15, 0.2) is 167 Å². The first-order valence-corrected chi connectivity index (χ1v) is 20.3. The van der Waals surface area contributed by atoms with E-state index in [0.717, 1.165) is 45.6 Å². The Morgan fingerprint density at radius 2 is 0.656 bits per heavy atom. The zero-order chi connectivity index (χ0) is 42.9. The van der Waals surface area contributed by atoms with Crippen molar-refractivity contribution >= 4 is 34.2 Å². The topological polar surface area (TPSA) is 52.9 Å². The molecule has 0 N–H and O–H groups in total. The minimum atomic E-state index is 0. The van der Waals surface area contributed by atoms with Crippen LogP contribution in [0, 0.1) is 61.8 Å². The van der Waals surface area contributed by atoms with Gasteiger partial charge in [0.1, 0.15) is 0 Å². The molecule has 0 spiro atoms. The fourth-order valence-corrected chi connectivity index (χ4v) is 6.66. The summed E-state index contributed by atoms with van der Waals surface area (Å²) in [5, 5.41) is 9.53. The van der Waals surface area contributed by atoms with Gasteiger partial charge in [-0.05, 0) is 91.5 Å². The summed E-state index contributed by atoms with van der Waals surface area (Å²) in [4.78, 5) is 9.53. The number of benzene rings is 6. The number of hydrogen-bond acceptors (Lipinski definition) is 2. The van der Waals surface area contributed by atoms with Gasteiger partial charge < -0.3 is 10.6 Å². The predicted molar refractivity (Wildman–Crippen MR) is 258 cm³/mol. The second kappa shape index (κ2) is 26.1. The van der Waals surface area contributed by atoms with Crippen LogP contribution in [0.25, 0.3) is 10.6 Å². The molecule has 4 nitrogen and oxygen atoms in total. The number of aryl methyl sites for hydroxylation is 8. The second-order valence-electron chi connectivity index (χ2n) is 15.2. The number of nitrogens with zero attached hydrogens (tertiary/aromatic N) is 4. The van der Waals surface area contributed by atoms with Crippen LogP contribution in [0.3, 0.4) is 0 Å². The molecule has 6 aromatic rings. The summed E-state index contributed by atoms with van der Waals surface area (Å²) in [6.45, 7) is 24.8. The molecule has 6 aromatic carbocycles. The Bertz CT molecular complexity index is 2180. The minimum Gasteiger partial charge on any atom is -0.661 e. The number of rotatable bonds is 10. The van der Waals surface area contributed by atoms with Crippen molar-refractivity contribution in [3.05, 3.63) is 230 Å². The number of para-hydroxylation sites is 4. The predicted octanol–water partition coefficient (Wildman–Crippen LogP) is 16.5. The molecule has 1 radical (unpaired) electrons. The molecule has 323 valence electrons. The van der Waals surface area contributed by atoms with E-state index in [1.54, 1.807) is 0 Å². The van der Waals surface area contributed by atoms with Gasteiger partial charge in [-0.3, -0.25) is 9.98 Å². The molecule has 6 heteroatoms. The van der Waals surface area contributed by atoms with Crippen molar-refractivity contribution in [2.24, 2.45) is 9.98 Å². The van der Waals surface area contributed by atoms with E-state index in [2.05, 4.69) is 183 Å². The van der Waals surface area contributed by atoms with Gasteiger partial charge in [-0.15, -0.1) is 53.2 Å². The van der Waals surface area contributed by atoms with Crippen molar-refractivity contribution in [2.45, 2.75) is 83.1 Å². The molecule has 0 aromatic heterocycles. The van der Waals surface area contributed by atoms with Gasteiger partial charge in [0.25, 0.3) is 0 Å². The molecule has 0 aliphatic carbocycles. The van der Waals surface area contributed by atoms with E-state index in [1.807, 2.05) is 52.0 Å². The van der Waals surface area contributed by atoms with E-state index in [1.165, 1.54) is 55.6 Å². The van der Waals surface area contributed by atoms with E-state index in [-0.39, 0.29) is 34.1 Å². The maximum atomic E-state index is 4.76. The molecule has 0 heterocycles. The Labute approximate surface area is 388 Å². The van der Waals surface area contributed by atoms with Crippen molar-refractivity contribution in [2.75, 3.05) is 0 Å². The van der Waals surface area contributed by atoms with E-state index in [0.29, 0.717) is 0 Å². The van der Waals surface area contributed by atoms with Crippen LogP contribution in [-0.4, -0.2) is 11.4 Å². The van der Waals surface area contributed by atoms with Crippen molar-refractivity contribution in [3.8, 4) is 0 Å². The van der Waals surface area contributed by atoms with Gasteiger partial charge in [-0.2, -0.15) is 11.4 Å². The number of hydrogen-bond donors (Lipinski definition) is 0. The van der Waals surface area contributed by atoms with Gasteiger partial charge in [0.05, 0.1) is 11.4 Å². The van der Waals surface area contributed by atoms with E-state index < -0.39 is 0 Å². The Kier molecular flexibility index (Phi) is 22.1. The summed E-state index contributed by atoms with van der Waals surface area (Å²) in [6, 6.07) is 45.7. The van der Waals surface area contributed by atoms with Crippen LogP contribution < -0.4 is 0 Å². The fourth-order valence-electron chi connectivity index (χ4n) is 6.66. The van der Waals surface area contributed by atoms with E-state index in [9.17, 15) is 0 Å². The molecule has 0 amide bonds. The summed E-state index contributed by atoms with van der Waals surface area (Å²) in [5.41, 5.74) is 20.2. The Balaban J connectivity index is 0.000000321. The first kappa shape index (κ1) is 51.8. The number of allylic oxidation sites excluding steroid dienone is 4. The SMILES string of the molecule is CC(/C=C(/C)[N-]c1c(C)cccc1C)=Nc1c(C)cccc1C.CC(/C=C(/C)[N-]c1c(C)cccc1C)=Nc1c(C)cccc1C.[Cu+2].[Cu+].c1ccc([CH-]c2ccccc2)cc1. The largest absolute Gasteiger partial charge is 2.00 e. The molecule has 0 saturated carbocycles. The molecular formula is C55H61Cu2N4. The zero-order valence-corrected chi connectivity index (χ0v) is 39.7.